The molecular formula is C39H55FN2O10. The van der Waals surface area contributed by atoms with Gasteiger partial charge in [0.25, 0.3) is 5.91 Å². The highest BCUT2D eigenvalue weighted by molar-refractivity contribution is 5.96. The summed E-state index contributed by atoms with van der Waals surface area (Å²) in [6, 6.07) is 9.36. The Morgan fingerprint density at radius 2 is 1.71 bits per heavy atom. The number of hydrogen-bond donors (Lipinski definition) is 3. The maximum atomic E-state index is 14.5. The minimum atomic E-state index is -2.22. The molecule has 1 aliphatic rings. The van der Waals surface area contributed by atoms with Gasteiger partial charge in [0.15, 0.2) is 17.6 Å². The number of nitrogens with two attached hydrogens (primary N) is 1. The van der Waals surface area contributed by atoms with Gasteiger partial charge < -0.3 is 44.6 Å². The number of hydrogen-bond acceptors (Lipinski definition) is 11. The lowest BCUT2D eigenvalue weighted by atomic mass is 9.76. The van der Waals surface area contributed by atoms with Crippen LogP contribution in [0.4, 0.5) is 4.39 Å². The first kappa shape index (κ1) is 42.4. The maximum absolute atomic E-state index is 14.5. The Hall–Kier alpha value is -4.04. The van der Waals surface area contributed by atoms with Crippen molar-refractivity contribution in [2.45, 2.75) is 83.8 Å². The molecule has 0 bridgehead atoms. The first-order valence-electron chi connectivity index (χ1n) is 17.7. The van der Waals surface area contributed by atoms with Crippen LogP contribution in [0.5, 0.6) is 11.5 Å². The van der Waals surface area contributed by atoms with Gasteiger partial charge in [-0.25, -0.2) is 14.0 Å². The molecule has 2 aromatic rings. The molecule has 12 nitrogen and oxygen atoms in total. The van der Waals surface area contributed by atoms with E-state index in [1.165, 1.54) is 24.3 Å². The molecule has 1 unspecified atom stereocenters. The fraction of sp³-hybridized carbons (Fsp3) is 0.564. The number of esters is 2. The number of carbonyl (C=O) groups excluding carboxylic acids is 3. The van der Waals surface area contributed by atoms with Crippen LogP contribution in [0.25, 0.3) is 0 Å². The summed E-state index contributed by atoms with van der Waals surface area (Å²) in [6.45, 7) is 10.4. The van der Waals surface area contributed by atoms with E-state index in [-0.39, 0.29) is 24.9 Å². The van der Waals surface area contributed by atoms with Crippen LogP contribution in [0.2, 0.25) is 0 Å². The first-order chi connectivity index (χ1) is 24.8. The molecule has 2 aromatic carbocycles. The summed E-state index contributed by atoms with van der Waals surface area (Å²) in [5.41, 5.74) is 5.98. The van der Waals surface area contributed by atoms with Crippen LogP contribution in [0.1, 0.15) is 64.6 Å². The number of ether oxygens (including phenoxy) is 6. The number of halogens is 1. The summed E-state index contributed by atoms with van der Waals surface area (Å²) in [5, 5.41) is 14.8. The lowest BCUT2D eigenvalue weighted by Crippen LogP contribution is -2.68. The van der Waals surface area contributed by atoms with Gasteiger partial charge in [0.2, 0.25) is 5.60 Å². The monoisotopic (exact) mass is 730 g/mol. The SMILES string of the molecule is CCOC[C@@H](NC(=O)[C@@]1(C(C)C)OC(=O)/C=C/C(=O)OC1[C@@H](O)[C@@H](N)C[C@H](Cc1ccc(OC)c(OCCCOC)c1)C(C)C)c1ccc(F)cc1. The molecule has 6 atom stereocenters. The Labute approximate surface area is 306 Å². The summed E-state index contributed by atoms with van der Waals surface area (Å²) < 4.78 is 47.6. The summed E-state index contributed by atoms with van der Waals surface area (Å²) in [5.74, 6) is -2.87. The summed E-state index contributed by atoms with van der Waals surface area (Å²) >= 11 is 0. The van der Waals surface area contributed by atoms with Crippen LogP contribution in [-0.2, 0) is 39.8 Å². The van der Waals surface area contributed by atoms with E-state index in [9.17, 15) is 23.9 Å². The Kier molecular flexibility index (Phi) is 16.5. The number of aliphatic hydroxyl groups excluding tert-OH is 1. The lowest BCUT2D eigenvalue weighted by Gasteiger charge is -2.44. The predicted octanol–water partition coefficient (Wildman–Crippen LogP) is 4.46. The zero-order chi connectivity index (χ0) is 38.4. The van der Waals surface area contributed by atoms with E-state index < -0.39 is 59.5 Å². The fourth-order valence-corrected chi connectivity index (χ4v) is 6.23. The number of cyclic esters (lactones) is 2. The van der Waals surface area contributed by atoms with E-state index in [1.54, 1.807) is 35.0 Å². The number of aliphatic hydroxyl groups is 1. The first-order valence-corrected chi connectivity index (χ1v) is 17.7. The Morgan fingerprint density at radius 1 is 1.02 bits per heavy atom. The minimum absolute atomic E-state index is 0.00373. The number of rotatable bonds is 20. The third-order valence-electron chi connectivity index (χ3n) is 9.31. The van der Waals surface area contributed by atoms with E-state index in [2.05, 4.69) is 5.32 Å². The van der Waals surface area contributed by atoms with E-state index in [4.69, 9.17) is 34.2 Å². The average molecular weight is 731 g/mol. The Morgan fingerprint density at radius 3 is 2.33 bits per heavy atom. The highest BCUT2D eigenvalue weighted by Crippen LogP contribution is 2.36. The summed E-state index contributed by atoms with van der Waals surface area (Å²) in [7, 11) is 3.20. The molecule has 3 rings (SSSR count). The molecule has 0 fully saturated rings. The van der Waals surface area contributed by atoms with Gasteiger partial charge in [-0.3, -0.25) is 4.79 Å². The second-order valence-electron chi connectivity index (χ2n) is 13.6. The molecule has 1 amide bonds. The molecule has 288 valence electrons. The quantitative estimate of drug-likeness (QED) is 0.130. The van der Waals surface area contributed by atoms with Gasteiger partial charge in [0.1, 0.15) is 11.9 Å². The molecule has 0 aromatic heterocycles. The smallest absolute Gasteiger partial charge is 0.332 e. The van der Waals surface area contributed by atoms with Crippen LogP contribution in [0, 0.1) is 23.6 Å². The standard InChI is InChI=1S/C39H55FN2O10/c1-8-49-23-31(27-11-13-29(40)14-12-27)42-38(46)39(25(4)5)37(51-34(43)16-17-35(44)52-39)36(45)30(41)22-28(24(2)3)20-26-10-15-32(48-7)33(21-26)50-19-9-18-47-6/h10-17,21,24-25,28,30-31,36-37,45H,8-9,18-20,22-23,41H2,1-7H3,(H,42,46)/b17-16+/t28-,30-,31+,36-,37?,39-/m0/s1. The lowest BCUT2D eigenvalue weighted by molar-refractivity contribution is -0.210. The average Bonchev–Trinajstić information content (AvgIpc) is 3.11. The van der Waals surface area contributed by atoms with Crippen molar-refractivity contribution in [3.05, 3.63) is 71.6 Å². The number of nitrogens with one attached hydrogen (secondary N) is 1. The molecule has 1 aliphatic heterocycles. The van der Waals surface area contributed by atoms with E-state index in [1.807, 2.05) is 32.0 Å². The van der Waals surface area contributed by atoms with Gasteiger partial charge in [-0.05, 0) is 67.0 Å². The number of methoxy groups -OCH3 is 2. The minimum Gasteiger partial charge on any atom is -0.493 e. The van der Waals surface area contributed by atoms with Crippen LogP contribution in [0.15, 0.2) is 54.6 Å². The van der Waals surface area contributed by atoms with Crippen LogP contribution in [-0.4, -0.2) is 87.5 Å². The largest absolute Gasteiger partial charge is 0.493 e. The molecule has 4 N–H and O–H groups in total. The molecule has 0 spiro atoms. The molecular weight excluding hydrogens is 675 g/mol. The van der Waals surface area contributed by atoms with Gasteiger partial charge >= 0.3 is 11.9 Å². The Balaban J connectivity index is 1.95. The molecule has 0 saturated heterocycles. The van der Waals surface area contributed by atoms with Crippen LogP contribution >= 0.6 is 0 Å². The highest BCUT2D eigenvalue weighted by Gasteiger charge is 2.58. The maximum Gasteiger partial charge on any atom is 0.332 e. The van der Waals surface area contributed by atoms with Gasteiger partial charge in [-0.2, -0.15) is 0 Å². The number of amides is 1. The molecule has 1 heterocycles. The van der Waals surface area contributed by atoms with Gasteiger partial charge in [0.05, 0.1) is 26.4 Å². The molecule has 0 saturated carbocycles. The number of benzene rings is 2. The zero-order valence-corrected chi connectivity index (χ0v) is 31.3. The van der Waals surface area contributed by atoms with Crippen molar-refractivity contribution in [2.75, 3.05) is 40.6 Å². The van der Waals surface area contributed by atoms with Crippen LogP contribution < -0.4 is 20.5 Å². The Bertz CT molecular complexity index is 1480. The van der Waals surface area contributed by atoms with Crippen LogP contribution in [0.3, 0.4) is 0 Å². The van der Waals surface area contributed by atoms with Crippen molar-refractivity contribution < 1.29 is 52.3 Å². The fourth-order valence-electron chi connectivity index (χ4n) is 6.23. The van der Waals surface area contributed by atoms with Crippen molar-refractivity contribution >= 4 is 17.8 Å². The van der Waals surface area contributed by atoms with E-state index >= 15 is 0 Å². The zero-order valence-electron chi connectivity index (χ0n) is 31.3. The second-order valence-corrected chi connectivity index (χ2v) is 13.6. The summed E-state index contributed by atoms with van der Waals surface area (Å²) in [6.07, 6.45) is -0.0863. The van der Waals surface area contributed by atoms with Gasteiger partial charge in [-0.1, -0.05) is 45.9 Å². The van der Waals surface area contributed by atoms with E-state index in [0.29, 0.717) is 49.7 Å². The van der Waals surface area contributed by atoms with Crippen molar-refractivity contribution in [1.82, 2.24) is 5.32 Å². The van der Waals surface area contributed by atoms with Crippen molar-refractivity contribution in [1.29, 1.82) is 0 Å². The second kappa shape index (κ2) is 20.3. The summed E-state index contributed by atoms with van der Waals surface area (Å²) in [4.78, 5) is 40.5. The third-order valence-corrected chi connectivity index (χ3v) is 9.31. The molecule has 0 aliphatic carbocycles. The topological polar surface area (TPSA) is 165 Å². The normalized spacial score (nSPS) is 20.6. The van der Waals surface area contributed by atoms with E-state index in [0.717, 1.165) is 17.7 Å². The third kappa shape index (κ3) is 11.2. The van der Waals surface area contributed by atoms with Crippen molar-refractivity contribution in [3.63, 3.8) is 0 Å². The van der Waals surface area contributed by atoms with Crippen molar-refractivity contribution in [2.24, 2.45) is 23.5 Å². The molecule has 52 heavy (non-hydrogen) atoms. The van der Waals surface area contributed by atoms with Gasteiger partial charge in [-0.15, -0.1) is 0 Å². The predicted molar refractivity (Wildman–Crippen MR) is 192 cm³/mol. The highest BCUT2D eigenvalue weighted by atomic mass is 19.1. The molecule has 13 heteroatoms. The number of carbonyl (C=O) groups is 3. The van der Waals surface area contributed by atoms with Gasteiger partial charge in [0, 0.05) is 50.9 Å². The molecule has 0 radical (unpaired) electrons. The van der Waals surface area contributed by atoms with Crippen molar-refractivity contribution in [3.8, 4) is 11.5 Å².